The first-order valence-electron chi connectivity index (χ1n) is 12.3. The summed E-state index contributed by atoms with van der Waals surface area (Å²) in [5.74, 6) is -2.16. The third kappa shape index (κ3) is 4.90. The van der Waals surface area contributed by atoms with Gasteiger partial charge in [0.2, 0.25) is 0 Å². The Bertz CT molecular complexity index is 1610. The minimum absolute atomic E-state index is 0.121. The molecule has 8 nitrogen and oxygen atoms in total. The van der Waals surface area contributed by atoms with Crippen molar-refractivity contribution in [3.63, 3.8) is 0 Å². The van der Waals surface area contributed by atoms with Crippen LogP contribution in [0.1, 0.15) is 36.9 Å². The third-order valence-corrected chi connectivity index (χ3v) is 7.40. The van der Waals surface area contributed by atoms with Crippen LogP contribution in [0, 0.1) is 5.82 Å². The van der Waals surface area contributed by atoms with Crippen LogP contribution in [-0.4, -0.2) is 40.6 Å². The van der Waals surface area contributed by atoms with Gasteiger partial charge in [0.15, 0.2) is 16.6 Å². The number of hydrogen-bond acceptors (Lipinski definition) is 8. The minimum atomic E-state index is -1.10. The van der Waals surface area contributed by atoms with Crippen LogP contribution in [0.2, 0.25) is 0 Å². The molecule has 1 saturated heterocycles. The van der Waals surface area contributed by atoms with E-state index in [0.29, 0.717) is 33.7 Å². The van der Waals surface area contributed by atoms with E-state index in [1.54, 1.807) is 24.3 Å². The highest BCUT2D eigenvalue weighted by atomic mass is 32.1. The Morgan fingerprint density at radius 1 is 1.13 bits per heavy atom. The predicted octanol–water partition coefficient (Wildman–Crippen LogP) is 5.95. The molecule has 1 aliphatic rings. The highest BCUT2D eigenvalue weighted by Gasteiger charge is 2.48. The molecule has 1 aromatic heterocycles. The second-order valence-corrected chi connectivity index (χ2v) is 9.95. The standard InChI is InChI=1S/C29H25FN2O6S/c1-3-4-12-38-19-7-5-6-17(13-19)26(34)24-25(16-8-11-21(33)22(14-16)37-2)32(28(36)27(24)35)29-31-20-10-9-18(30)15-23(20)39-29/h5-11,13-15,25,33-34H,3-4,12H2,1-2H3. The van der Waals surface area contributed by atoms with Gasteiger partial charge in [-0.3, -0.25) is 14.5 Å². The summed E-state index contributed by atoms with van der Waals surface area (Å²) >= 11 is 1.05. The first kappa shape index (κ1) is 26.2. The number of hydrogen-bond donors (Lipinski definition) is 2. The van der Waals surface area contributed by atoms with Gasteiger partial charge in [-0.25, -0.2) is 9.37 Å². The van der Waals surface area contributed by atoms with Gasteiger partial charge in [0.1, 0.15) is 17.3 Å². The van der Waals surface area contributed by atoms with Gasteiger partial charge in [0, 0.05) is 5.56 Å². The molecule has 0 aliphatic carbocycles. The number of aliphatic hydroxyl groups is 1. The van der Waals surface area contributed by atoms with Crippen molar-refractivity contribution in [1.82, 2.24) is 4.98 Å². The van der Waals surface area contributed by atoms with E-state index in [9.17, 15) is 24.2 Å². The van der Waals surface area contributed by atoms with Gasteiger partial charge >= 0.3 is 5.91 Å². The zero-order valence-corrected chi connectivity index (χ0v) is 22.0. The molecular formula is C29H25FN2O6S. The number of amides is 1. The van der Waals surface area contributed by atoms with Gasteiger partial charge in [-0.05, 0) is 54.4 Å². The van der Waals surface area contributed by atoms with Gasteiger partial charge < -0.3 is 19.7 Å². The number of aromatic nitrogens is 1. The molecule has 2 N–H and O–H groups in total. The number of aliphatic hydroxyl groups excluding tert-OH is 1. The number of methoxy groups -OCH3 is 1. The highest BCUT2D eigenvalue weighted by Crippen LogP contribution is 2.46. The van der Waals surface area contributed by atoms with Crippen LogP contribution >= 0.6 is 11.3 Å². The van der Waals surface area contributed by atoms with E-state index in [1.165, 1.54) is 48.4 Å². The Balaban J connectivity index is 1.68. The van der Waals surface area contributed by atoms with E-state index in [0.717, 1.165) is 24.2 Å². The molecule has 1 atom stereocenters. The normalized spacial score (nSPS) is 16.7. The van der Waals surface area contributed by atoms with Crippen molar-refractivity contribution in [2.24, 2.45) is 0 Å². The fourth-order valence-electron chi connectivity index (χ4n) is 4.42. The number of rotatable bonds is 8. The van der Waals surface area contributed by atoms with Crippen LogP contribution in [0.3, 0.4) is 0 Å². The summed E-state index contributed by atoms with van der Waals surface area (Å²) in [6.45, 7) is 2.54. The molecule has 5 rings (SSSR count). The van der Waals surface area contributed by atoms with Crippen LogP contribution < -0.4 is 14.4 Å². The molecule has 1 aliphatic heterocycles. The number of halogens is 1. The maximum atomic E-state index is 13.9. The lowest BCUT2D eigenvalue weighted by Gasteiger charge is -2.23. The topological polar surface area (TPSA) is 109 Å². The van der Waals surface area contributed by atoms with Crippen molar-refractivity contribution in [3.8, 4) is 17.2 Å². The Morgan fingerprint density at radius 2 is 1.95 bits per heavy atom. The van der Waals surface area contributed by atoms with Crippen LogP contribution in [-0.2, 0) is 9.59 Å². The molecule has 1 amide bonds. The summed E-state index contributed by atoms with van der Waals surface area (Å²) < 4.78 is 25.4. The number of thiazole rings is 1. The van der Waals surface area contributed by atoms with E-state index in [2.05, 4.69) is 4.98 Å². The number of ether oxygens (including phenoxy) is 2. The summed E-state index contributed by atoms with van der Waals surface area (Å²) in [6.07, 6.45) is 1.81. The number of Topliss-reactive ketones (excluding diaryl/α,β-unsaturated/α-hetero) is 1. The fraction of sp³-hybridized carbons (Fsp3) is 0.207. The molecule has 10 heteroatoms. The summed E-state index contributed by atoms with van der Waals surface area (Å²) in [6, 6.07) is 14.0. The van der Waals surface area contributed by atoms with Crippen molar-refractivity contribution >= 4 is 44.1 Å². The average Bonchev–Trinajstić information content (AvgIpc) is 3.46. The lowest BCUT2D eigenvalue weighted by atomic mass is 9.95. The molecule has 200 valence electrons. The number of fused-ring (bicyclic) bond motifs is 1. The lowest BCUT2D eigenvalue weighted by Crippen LogP contribution is -2.29. The van der Waals surface area contributed by atoms with E-state index in [-0.39, 0.29) is 28.0 Å². The zero-order chi connectivity index (χ0) is 27.7. The van der Waals surface area contributed by atoms with E-state index >= 15 is 0 Å². The summed E-state index contributed by atoms with van der Waals surface area (Å²) in [5, 5.41) is 21.8. The quantitative estimate of drug-likeness (QED) is 0.121. The van der Waals surface area contributed by atoms with E-state index in [4.69, 9.17) is 9.47 Å². The molecule has 39 heavy (non-hydrogen) atoms. The van der Waals surface area contributed by atoms with Gasteiger partial charge in [0.05, 0.1) is 35.5 Å². The molecule has 4 aromatic rings. The van der Waals surface area contributed by atoms with Gasteiger partial charge in [-0.15, -0.1) is 0 Å². The SMILES string of the molecule is CCCCOc1cccc(C(O)=C2C(=O)C(=O)N(c3nc4ccc(F)cc4s3)C2c2ccc(O)c(OC)c2)c1. The second-order valence-electron chi connectivity index (χ2n) is 8.94. The van der Waals surface area contributed by atoms with Crippen molar-refractivity contribution in [3.05, 3.63) is 83.2 Å². The first-order valence-corrected chi connectivity index (χ1v) is 13.1. The Labute approximate surface area is 227 Å². The molecule has 0 bridgehead atoms. The maximum Gasteiger partial charge on any atom is 0.301 e. The lowest BCUT2D eigenvalue weighted by molar-refractivity contribution is -0.132. The molecule has 3 aromatic carbocycles. The number of carbonyl (C=O) groups is 2. The van der Waals surface area contributed by atoms with Crippen LogP contribution in [0.15, 0.2) is 66.2 Å². The van der Waals surface area contributed by atoms with Gasteiger partial charge in [-0.1, -0.05) is 42.9 Å². The molecule has 1 unspecified atom stereocenters. The number of nitrogens with zero attached hydrogens (tertiary/aromatic N) is 2. The number of anilines is 1. The Kier molecular flexibility index (Phi) is 7.21. The second kappa shape index (κ2) is 10.7. The number of phenols is 1. The summed E-state index contributed by atoms with van der Waals surface area (Å²) in [5.41, 5.74) is 0.983. The average molecular weight is 549 g/mol. The van der Waals surface area contributed by atoms with Gasteiger partial charge in [-0.2, -0.15) is 0 Å². The van der Waals surface area contributed by atoms with Crippen LogP contribution in [0.25, 0.3) is 16.0 Å². The van der Waals surface area contributed by atoms with Crippen LogP contribution in [0.5, 0.6) is 17.2 Å². The van der Waals surface area contributed by atoms with Crippen molar-refractivity contribution in [2.75, 3.05) is 18.6 Å². The Hall–Kier alpha value is -4.44. The number of phenolic OH excluding ortho intramolecular Hbond substituents is 1. The summed E-state index contributed by atoms with van der Waals surface area (Å²) in [7, 11) is 1.38. The monoisotopic (exact) mass is 548 g/mol. The van der Waals surface area contributed by atoms with Crippen molar-refractivity contribution < 1.29 is 33.7 Å². The van der Waals surface area contributed by atoms with Crippen LogP contribution in [0.4, 0.5) is 9.52 Å². The third-order valence-electron chi connectivity index (χ3n) is 6.38. The largest absolute Gasteiger partial charge is 0.507 e. The van der Waals surface area contributed by atoms with Crippen molar-refractivity contribution in [2.45, 2.75) is 25.8 Å². The number of unbranched alkanes of at least 4 members (excludes halogenated alkanes) is 1. The predicted molar refractivity (Wildman–Crippen MR) is 146 cm³/mol. The number of carbonyl (C=O) groups excluding carboxylic acids is 2. The molecule has 1 fully saturated rings. The number of ketones is 1. The Morgan fingerprint density at radius 3 is 2.72 bits per heavy atom. The first-order chi connectivity index (χ1) is 18.8. The fourth-order valence-corrected chi connectivity index (χ4v) is 5.44. The minimum Gasteiger partial charge on any atom is -0.507 e. The van der Waals surface area contributed by atoms with Gasteiger partial charge in [0.25, 0.3) is 5.78 Å². The summed E-state index contributed by atoms with van der Waals surface area (Å²) in [4.78, 5) is 32.6. The maximum absolute atomic E-state index is 13.9. The van der Waals surface area contributed by atoms with E-state index < -0.39 is 23.5 Å². The van der Waals surface area contributed by atoms with E-state index in [1.807, 2.05) is 6.92 Å². The molecular weight excluding hydrogens is 523 g/mol. The van der Waals surface area contributed by atoms with Crippen molar-refractivity contribution in [1.29, 1.82) is 0 Å². The smallest absolute Gasteiger partial charge is 0.301 e. The molecule has 2 heterocycles. The zero-order valence-electron chi connectivity index (χ0n) is 21.2. The molecule has 0 spiro atoms. The number of benzene rings is 3. The molecule has 0 saturated carbocycles. The number of aromatic hydroxyl groups is 1. The highest BCUT2D eigenvalue weighted by molar-refractivity contribution is 7.22. The molecule has 0 radical (unpaired) electrons.